The molecule has 2 saturated heterocycles. The van der Waals surface area contributed by atoms with E-state index in [2.05, 4.69) is 0 Å². The maximum absolute atomic E-state index is 12.2. The molecular weight excluding hydrogens is 466 g/mol. The SMILES string of the molecule is O=C(OCC1OC(OC2(CO)OC(CO)C(O)C2O)C(O)C(O)C1O)c1ccc(N([O-])O)cc1. The van der Waals surface area contributed by atoms with Crippen LogP contribution in [-0.2, 0) is 18.9 Å². The van der Waals surface area contributed by atoms with Gasteiger partial charge in [-0.05, 0) is 24.3 Å². The van der Waals surface area contributed by atoms with Crippen LogP contribution in [0.1, 0.15) is 10.4 Å². The molecule has 0 amide bonds. The summed E-state index contributed by atoms with van der Waals surface area (Å²) in [5, 5.41) is 89.0. The first-order valence-corrected chi connectivity index (χ1v) is 10.1. The van der Waals surface area contributed by atoms with Crippen molar-refractivity contribution >= 4 is 11.7 Å². The number of esters is 1. The second kappa shape index (κ2) is 10.7. The number of hydrogen-bond donors (Lipinski definition) is 8. The Morgan fingerprint density at radius 3 is 2.18 bits per heavy atom. The molecule has 0 aliphatic carbocycles. The monoisotopic (exact) mass is 492 g/mol. The number of benzene rings is 1. The smallest absolute Gasteiger partial charge is 0.338 e. The van der Waals surface area contributed by atoms with E-state index in [0.717, 1.165) is 12.1 Å². The molecule has 2 aliphatic rings. The van der Waals surface area contributed by atoms with Crippen molar-refractivity contribution < 1.29 is 64.7 Å². The lowest BCUT2D eigenvalue weighted by Gasteiger charge is -2.43. The van der Waals surface area contributed by atoms with Gasteiger partial charge in [-0.15, -0.1) is 0 Å². The number of ether oxygens (including phenoxy) is 4. The van der Waals surface area contributed by atoms with Crippen LogP contribution >= 0.6 is 0 Å². The Balaban J connectivity index is 1.68. The van der Waals surface area contributed by atoms with Gasteiger partial charge in [0, 0.05) is 0 Å². The average Bonchev–Trinajstić information content (AvgIpc) is 3.08. The van der Waals surface area contributed by atoms with Crippen molar-refractivity contribution in [3.8, 4) is 0 Å². The predicted molar refractivity (Wildman–Crippen MR) is 106 cm³/mol. The molecule has 34 heavy (non-hydrogen) atoms. The highest BCUT2D eigenvalue weighted by Crippen LogP contribution is 2.36. The Morgan fingerprint density at radius 2 is 1.65 bits per heavy atom. The number of carbonyl (C=O) groups excluding carboxylic acids is 1. The lowest BCUT2D eigenvalue weighted by Crippen LogP contribution is -2.62. The van der Waals surface area contributed by atoms with Gasteiger partial charge in [0.2, 0.25) is 5.79 Å². The fourth-order valence-electron chi connectivity index (χ4n) is 3.58. The number of nitrogens with zero attached hydrogens (tertiary/aromatic N) is 1. The van der Waals surface area contributed by atoms with Gasteiger partial charge in [0.25, 0.3) is 0 Å². The van der Waals surface area contributed by atoms with Crippen molar-refractivity contribution in [2.45, 2.75) is 54.8 Å². The molecule has 192 valence electrons. The highest BCUT2D eigenvalue weighted by atomic mass is 16.8. The molecule has 2 heterocycles. The summed E-state index contributed by atoms with van der Waals surface area (Å²) in [6.45, 7) is -2.42. The Labute approximate surface area is 192 Å². The Kier molecular flexibility index (Phi) is 8.40. The van der Waals surface area contributed by atoms with Gasteiger partial charge in [0.15, 0.2) is 6.29 Å². The molecule has 1 aromatic carbocycles. The van der Waals surface area contributed by atoms with Crippen LogP contribution in [0.15, 0.2) is 24.3 Å². The van der Waals surface area contributed by atoms with E-state index in [9.17, 15) is 45.7 Å². The molecule has 8 N–H and O–H groups in total. The highest BCUT2D eigenvalue weighted by molar-refractivity contribution is 5.89. The summed E-state index contributed by atoms with van der Waals surface area (Å²) < 4.78 is 21.0. The van der Waals surface area contributed by atoms with Crippen molar-refractivity contribution in [1.82, 2.24) is 0 Å². The largest absolute Gasteiger partial charge is 0.733 e. The molecule has 1 aromatic rings. The number of aliphatic hydroxyl groups is 7. The van der Waals surface area contributed by atoms with E-state index >= 15 is 0 Å². The third kappa shape index (κ3) is 5.15. The summed E-state index contributed by atoms with van der Waals surface area (Å²) in [5.74, 6) is -3.25. The lowest BCUT2D eigenvalue weighted by atomic mass is 9.99. The summed E-state index contributed by atoms with van der Waals surface area (Å²) in [6.07, 6.45) is -13.7. The Bertz CT molecular complexity index is 824. The van der Waals surface area contributed by atoms with Gasteiger partial charge >= 0.3 is 5.97 Å². The van der Waals surface area contributed by atoms with Crippen molar-refractivity contribution in [2.24, 2.45) is 0 Å². The van der Waals surface area contributed by atoms with Crippen molar-refractivity contribution in [2.75, 3.05) is 25.0 Å². The van der Waals surface area contributed by atoms with Crippen LogP contribution in [0.25, 0.3) is 0 Å². The van der Waals surface area contributed by atoms with Crippen LogP contribution in [0.5, 0.6) is 0 Å². The van der Waals surface area contributed by atoms with Crippen molar-refractivity contribution in [1.29, 1.82) is 0 Å². The second-order valence-corrected chi connectivity index (χ2v) is 7.80. The quantitative estimate of drug-likeness (QED) is 0.128. The minimum Gasteiger partial charge on any atom is -0.733 e. The van der Waals surface area contributed by atoms with Gasteiger partial charge in [-0.25, -0.2) is 4.79 Å². The van der Waals surface area contributed by atoms with Gasteiger partial charge in [-0.3, -0.25) is 5.21 Å². The van der Waals surface area contributed by atoms with Gasteiger partial charge in [-0.2, -0.15) is 0 Å². The third-order valence-electron chi connectivity index (χ3n) is 5.59. The first-order valence-electron chi connectivity index (χ1n) is 10.1. The molecule has 0 bridgehead atoms. The molecular formula is C19H26NO14-. The van der Waals surface area contributed by atoms with E-state index in [1.807, 2.05) is 0 Å². The van der Waals surface area contributed by atoms with E-state index in [0.29, 0.717) is 0 Å². The van der Waals surface area contributed by atoms with Crippen molar-refractivity contribution in [3.63, 3.8) is 0 Å². The summed E-state index contributed by atoms with van der Waals surface area (Å²) in [4.78, 5) is 12.2. The van der Waals surface area contributed by atoms with Crippen LogP contribution < -0.4 is 5.23 Å². The predicted octanol–water partition coefficient (Wildman–Crippen LogP) is -3.84. The summed E-state index contributed by atoms with van der Waals surface area (Å²) in [5.41, 5.74) is -0.155. The molecule has 0 aromatic heterocycles. The number of rotatable bonds is 8. The summed E-state index contributed by atoms with van der Waals surface area (Å²) in [7, 11) is 0. The fourth-order valence-corrected chi connectivity index (χ4v) is 3.58. The van der Waals surface area contributed by atoms with Gasteiger partial charge in [0.1, 0.15) is 55.9 Å². The first-order chi connectivity index (χ1) is 16.0. The standard InChI is InChI=1S/C19H26NO14/c21-5-10-13(24)16(27)19(7-22,33-10)34-18-15(26)14(25)12(23)11(32-18)6-31-17(28)8-1-3-9(4-2-8)20(29)30/h1-4,10-16,18,21-27,29H,5-7H2/q-1. The zero-order valence-electron chi connectivity index (χ0n) is 17.5. The maximum atomic E-state index is 12.2. The maximum Gasteiger partial charge on any atom is 0.338 e. The topological polar surface area (TPSA) is 242 Å². The molecule has 2 fully saturated rings. The van der Waals surface area contributed by atoms with E-state index in [4.69, 9.17) is 24.2 Å². The van der Waals surface area contributed by atoms with Crippen LogP contribution in [0.4, 0.5) is 5.69 Å². The highest BCUT2D eigenvalue weighted by Gasteiger charge is 2.58. The van der Waals surface area contributed by atoms with Gasteiger partial charge in [0.05, 0.1) is 17.9 Å². The molecule has 9 unspecified atom stereocenters. The zero-order chi connectivity index (χ0) is 25.2. The Morgan fingerprint density at radius 1 is 1.00 bits per heavy atom. The van der Waals surface area contributed by atoms with Crippen molar-refractivity contribution in [3.05, 3.63) is 35.0 Å². The normalized spacial score (nSPS) is 38.0. The van der Waals surface area contributed by atoms with E-state index in [-0.39, 0.29) is 11.3 Å². The van der Waals surface area contributed by atoms with E-state index in [1.165, 1.54) is 12.1 Å². The summed E-state index contributed by atoms with van der Waals surface area (Å²) >= 11 is 0. The van der Waals surface area contributed by atoms with Crippen LogP contribution in [-0.4, -0.2) is 122 Å². The fraction of sp³-hybridized carbons (Fsp3) is 0.632. The minimum absolute atomic E-state index is 0.0185. The third-order valence-corrected chi connectivity index (χ3v) is 5.59. The van der Waals surface area contributed by atoms with Crippen LogP contribution in [0.3, 0.4) is 0 Å². The summed E-state index contributed by atoms with van der Waals surface area (Å²) in [6, 6.07) is 4.67. The molecule has 3 rings (SSSR count). The molecule has 2 aliphatic heterocycles. The van der Waals surface area contributed by atoms with Gasteiger partial charge < -0.3 is 65.1 Å². The van der Waals surface area contributed by atoms with Crippen LogP contribution in [0.2, 0.25) is 0 Å². The second-order valence-electron chi connectivity index (χ2n) is 7.80. The average molecular weight is 492 g/mol. The van der Waals surface area contributed by atoms with E-state index < -0.39 is 85.8 Å². The van der Waals surface area contributed by atoms with E-state index in [1.54, 1.807) is 0 Å². The molecule has 0 spiro atoms. The molecule has 0 saturated carbocycles. The first kappa shape index (κ1) is 26.6. The number of hydrogen-bond acceptors (Lipinski definition) is 15. The Hall–Kier alpha value is -1.99. The molecule has 9 atom stereocenters. The molecule has 0 radical (unpaired) electrons. The number of anilines is 1. The molecule has 15 nitrogen and oxygen atoms in total. The minimum atomic E-state index is -2.34. The zero-order valence-corrected chi connectivity index (χ0v) is 17.5. The number of carbonyl (C=O) groups is 1. The number of aliphatic hydroxyl groups excluding tert-OH is 7. The molecule has 15 heteroatoms. The van der Waals surface area contributed by atoms with Gasteiger partial charge in [-0.1, -0.05) is 0 Å². The lowest BCUT2D eigenvalue weighted by molar-refractivity contribution is -0.383. The van der Waals surface area contributed by atoms with Crippen LogP contribution in [0, 0.1) is 5.21 Å².